The molecule has 104 valence electrons. The summed E-state index contributed by atoms with van der Waals surface area (Å²) in [6.45, 7) is 0. The molecule has 2 nitrogen and oxygen atoms in total. The molecule has 2 aliphatic heterocycles. The predicted octanol–water partition coefficient (Wildman–Crippen LogP) is 4.70. The molecule has 0 saturated carbocycles. The number of piperidine rings is 2. The summed E-state index contributed by atoms with van der Waals surface area (Å²) in [6.07, 6.45) is 6.04. The average Bonchev–Trinajstić information content (AvgIpc) is 2.35. The van der Waals surface area contributed by atoms with E-state index in [0.717, 1.165) is 12.8 Å². The van der Waals surface area contributed by atoms with Crippen LogP contribution in [0.25, 0.3) is 0 Å². The van der Waals surface area contributed by atoms with E-state index in [1.807, 2.05) is 0 Å². The van der Waals surface area contributed by atoms with Crippen molar-refractivity contribution < 1.29 is 4.74 Å². The van der Waals surface area contributed by atoms with Gasteiger partial charge in [0.25, 0.3) is 0 Å². The number of rotatable bonds is 2. The minimum Gasteiger partial charge on any atom is -0.489 e. The third-order valence-electron chi connectivity index (χ3n) is 3.92. The molecule has 2 heterocycles. The fourth-order valence-electron chi connectivity index (χ4n) is 3.11. The molecule has 2 saturated heterocycles. The van der Waals surface area contributed by atoms with Crippen LogP contribution >= 0.6 is 34.8 Å². The molecular formula is C14H16Cl3NO. The SMILES string of the molecule is Clc1cc(Cl)c(Cl)c(O[C@@H]2C[C@H]3CCC[C@@H](C2)N3)c1. The number of hydrogen-bond donors (Lipinski definition) is 1. The first kappa shape index (κ1) is 13.8. The molecular weight excluding hydrogens is 305 g/mol. The van der Waals surface area contributed by atoms with Crippen LogP contribution in [-0.4, -0.2) is 18.2 Å². The normalized spacial score (nSPS) is 30.2. The van der Waals surface area contributed by atoms with Crippen LogP contribution in [0.3, 0.4) is 0 Å². The molecule has 3 atom stereocenters. The Morgan fingerprint density at radius 2 is 1.74 bits per heavy atom. The van der Waals surface area contributed by atoms with Gasteiger partial charge in [-0.25, -0.2) is 0 Å². The molecule has 19 heavy (non-hydrogen) atoms. The van der Waals surface area contributed by atoms with Crippen LogP contribution in [0, 0.1) is 0 Å². The monoisotopic (exact) mass is 319 g/mol. The largest absolute Gasteiger partial charge is 0.489 e. The third kappa shape index (κ3) is 3.13. The fraction of sp³-hybridized carbons (Fsp3) is 0.571. The van der Waals surface area contributed by atoms with Crippen molar-refractivity contribution in [2.75, 3.05) is 0 Å². The second kappa shape index (κ2) is 5.69. The second-order valence-corrected chi connectivity index (χ2v) is 6.62. The number of ether oxygens (including phenoxy) is 1. The number of nitrogens with one attached hydrogen (secondary N) is 1. The van der Waals surface area contributed by atoms with Crippen molar-refractivity contribution in [3.05, 3.63) is 27.2 Å². The van der Waals surface area contributed by atoms with Gasteiger partial charge in [0.05, 0.1) is 5.02 Å². The zero-order chi connectivity index (χ0) is 13.4. The van der Waals surface area contributed by atoms with Crippen LogP contribution in [0.4, 0.5) is 0 Å². The van der Waals surface area contributed by atoms with Crippen LogP contribution < -0.4 is 10.1 Å². The summed E-state index contributed by atoms with van der Waals surface area (Å²) >= 11 is 18.2. The van der Waals surface area contributed by atoms with Gasteiger partial charge in [0.1, 0.15) is 16.9 Å². The molecule has 1 aromatic rings. The second-order valence-electron chi connectivity index (χ2n) is 5.40. The maximum absolute atomic E-state index is 6.17. The van der Waals surface area contributed by atoms with Crippen molar-refractivity contribution in [3.63, 3.8) is 0 Å². The number of halogens is 3. The van der Waals surface area contributed by atoms with E-state index in [9.17, 15) is 0 Å². The van der Waals surface area contributed by atoms with Gasteiger partial charge in [-0.15, -0.1) is 0 Å². The van der Waals surface area contributed by atoms with Crippen LogP contribution in [0.5, 0.6) is 5.75 Å². The van der Waals surface area contributed by atoms with Crippen LogP contribution in [0.15, 0.2) is 12.1 Å². The van der Waals surface area contributed by atoms with E-state index in [0.29, 0.717) is 32.9 Å². The van der Waals surface area contributed by atoms with Gasteiger partial charge in [0.15, 0.2) is 0 Å². The average molecular weight is 321 g/mol. The Morgan fingerprint density at radius 3 is 2.42 bits per heavy atom. The molecule has 1 N–H and O–H groups in total. The van der Waals surface area contributed by atoms with E-state index >= 15 is 0 Å². The molecule has 1 aromatic carbocycles. The molecule has 5 heteroatoms. The lowest BCUT2D eigenvalue weighted by Gasteiger charge is -2.40. The first-order valence-electron chi connectivity index (χ1n) is 6.69. The molecule has 0 unspecified atom stereocenters. The topological polar surface area (TPSA) is 21.3 Å². The van der Waals surface area contributed by atoms with Crippen molar-refractivity contribution >= 4 is 34.8 Å². The highest BCUT2D eigenvalue weighted by Gasteiger charge is 2.32. The summed E-state index contributed by atoms with van der Waals surface area (Å²) < 4.78 is 6.04. The van der Waals surface area contributed by atoms with Crippen molar-refractivity contribution in [3.8, 4) is 5.75 Å². The van der Waals surface area contributed by atoms with E-state index in [1.54, 1.807) is 12.1 Å². The van der Waals surface area contributed by atoms with Crippen molar-refractivity contribution in [1.82, 2.24) is 5.32 Å². The minimum atomic E-state index is 0.198. The fourth-order valence-corrected chi connectivity index (χ4v) is 3.74. The molecule has 0 spiro atoms. The van der Waals surface area contributed by atoms with Crippen molar-refractivity contribution in [2.45, 2.75) is 50.3 Å². The summed E-state index contributed by atoms with van der Waals surface area (Å²) in [5.41, 5.74) is 0. The lowest BCUT2D eigenvalue weighted by Crippen LogP contribution is -2.51. The number of hydrogen-bond acceptors (Lipinski definition) is 2. The van der Waals surface area contributed by atoms with E-state index in [1.165, 1.54) is 19.3 Å². The molecule has 0 radical (unpaired) electrons. The van der Waals surface area contributed by atoms with Gasteiger partial charge in [0.2, 0.25) is 0 Å². The standard InChI is InChI=1S/C14H16Cl3NO/c15-8-4-12(16)14(17)13(5-8)19-11-6-9-2-1-3-10(7-11)18-9/h4-5,9-11,18H,1-3,6-7H2/t9-,10+,11-. The lowest BCUT2D eigenvalue weighted by molar-refractivity contribution is 0.0928. The Balaban J connectivity index is 1.74. The quantitative estimate of drug-likeness (QED) is 0.798. The van der Waals surface area contributed by atoms with Gasteiger partial charge in [-0.05, 0) is 31.7 Å². The highest BCUT2D eigenvalue weighted by atomic mass is 35.5. The van der Waals surface area contributed by atoms with E-state index in [4.69, 9.17) is 39.5 Å². The van der Waals surface area contributed by atoms with Crippen molar-refractivity contribution in [1.29, 1.82) is 0 Å². The lowest BCUT2D eigenvalue weighted by atomic mass is 9.85. The van der Waals surface area contributed by atoms with E-state index < -0.39 is 0 Å². The molecule has 3 rings (SSSR count). The molecule has 2 fully saturated rings. The van der Waals surface area contributed by atoms with Crippen LogP contribution in [0.2, 0.25) is 15.1 Å². The maximum atomic E-state index is 6.17. The smallest absolute Gasteiger partial charge is 0.141 e. The van der Waals surface area contributed by atoms with Gasteiger partial charge in [-0.3, -0.25) is 0 Å². The summed E-state index contributed by atoms with van der Waals surface area (Å²) in [5.74, 6) is 0.601. The van der Waals surface area contributed by atoms with Gasteiger partial charge < -0.3 is 10.1 Å². The summed E-state index contributed by atoms with van der Waals surface area (Å²) in [5, 5.41) is 5.09. The van der Waals surface area contributed by atoms with Crippen molar-refractivity contribution in [2.24, 2.45) is 0 Å². The summed E-state index contributed by atoms with van der Waals surface area (Å²) in [7, 11) is 0. The van der Waals surface area contributed by atoms with E-state index in [2.05, 4.69) is 5.32 Å². The number of benzene rings is 1. The molecule has 2 aliphatic rings. The maximum Gasteiger partial charge on any atom is 0.141 e. The third-order valence-corrected chi connectivity index (χ3v) is 4.93. The van der Waals surface area contributed by atoms with Gasteiger partial charge >= 0.3 is 0 Å². The Kier molecular flexibility index (Phi) is 4.14. The first-order valence-corrected chi connectivity index (χ1v) is 7.82. The molecule has 0 amide bonds. The first-order chi connectivity index (χ1) is 9.11. The summed E-state index contributed by atoms with van der Waals surface area (Å²) in [6, 6.07) is 4.53. The zero-order valence-corrected chi connectivity index (χ0v) is 12.7. The van der Waals surface area contributed by atoms with E-state index in [-0.39, 0.29) is 6.10 Å². The molecule has 2 bridgehead atoms. The van der Waals surface area contributed by atoms with Gasteiger partial charge in [0, 0.05) is 23.2 Å². The highest BCUT2D eigenvalue weighted by molar-refractivity contribution is 6.44. The Morgan fingerprint density at radius 1 is 1.05 bits per heavy atom. The van der Waals surface area contributed by atoms with Gasteiger partial charge in [-0.2, -0.15) is 0 Å². The Hall–Kier alpha value is -0.150. The molecule has 0 aromatic heterocycles. The summed E-state index contributed by atoms with van der Waals surface area (Å²) in [4.78, 5) is 0. The number of fused-ring (bicyclic) bond motifs is 2. The van der Waals surface area contributed by atoms with Gasteiger partial charge in [-0.1, -0.05) is 41.2 Å². The van der Waals surface area contributed by atoms with Crippen LogP contribution in [0.1, 0.15) is 32.1 Å². The zero-order valence-electron chi connectivity index (χ0n) is 10.5. The highest BCUT2D eigenvalue weighted by Crippen LogP contribution is 2.37. The minimum absolute atomic E-state index is 0.198. The Bertz CT molecular complexity index is 468. The predicted molar refractivity (Wildman–Crippen MR) is 79.7 cm³/mol. The van der Waals surface area contributed by atoms with Crippen LogP contribution in [-0.2, 0) is 0 Å². The molecule has 0 aliphatic carbocycles. The Labute approximate surface area is 128 Å².